The molecule has 2 rings (SSSR count). The number of urea groups is 1. The maximum atomic E-state index is 11.9. The first-order chi connectivity index (χ1) is 10.5. The van der Waals surface area contributed by atoms with E-state index in [-0.39, 0.29) is 11.1 Å². The molecule has 0 aliphatic heterocycles. The van der Waals surface area contributed by atoms with Gasteiger partial charge in [0.25, 0.3) is 5.22 Å². The standard InChI is InChI=1S/C13H15N5O3S/c1-7(2)9(10(19)16-12(14)20)22-13-18-17-11(21-13)8-4-3-5-15-6-8/h3-7,9H,1-2H3,(H3,14,16,19,20)/t9-/m0/s1. The molecule has 0 spiro atoms. The predicted molar refractivity (Wildman–Crippen MR) is 79.7 cm³/mol. The van der Waals surface area contributed by atoms with Crippen LogP contribution < -0.4 is 11.1 Å². The Morgan fingerprint density at radius 3 is 2.73 bits per heavy atom. The van der Waals surface area contributed by atoms with Crippen LogP contribution >= 0.6 is 11.8 Å². The summed E-state index contributed by atoms with van der Waals surface area (Å²) in [6.45, 7) is 3.69. The first-order valence-corrected chi connectivity index (χ1v) is 7.36. The quantitative estimate of drug-likeness (QED) is 0.798. The molecular formula is C13H15N5O3S. The van der Waals surface area contributed by atoms with Crippen LogP contribution in [0.25, 0.3) is 11.5 Å². The molecule has 0 bridgehead atoms. The molecule has 0 unspecified atom stereocenters. The number of rotatable bonds is 5. The van der Waals surface area contributed by atoms with Gasteiger partial charge in [-0.05, 0) is 18.1 Å². The van der Waals surface area contributed by atoms with Crippen molar-refractivity contribution in [2.24, 2.45) is 11.7 Å². The number of primary amides is 1. The third-order valence-electron chi connectivity index (χ3n) is 2.65. The zero-order valence-corrected chi connectivity index (χ0v) is 12.8. The molecule has 8 nitrogen and oxygen atoms in total. The van der Waals surface area contributed by atoms with Gasteiger partial charge in [0.2, 0.25) is 11.8 Å². The lowest BCUT2D eigenvalue weighted by atomic mass is 10.1. The third-order valence-corrected chi connectivity index (χ3v) is 4.03. The van der Waals surface area contributed by atoms with Crippen molar-refractivity contribution in [3.63, 3.8) is 0 Å². The number of nitrogens with zero attached hydrogens (tertiary/aromatic N) is 3. The molecule has 0 aliphatic rings. The van der Waals surface area contributed by atoms with Crippen LogP contribution in [0.5, 0.6) is 0 Å². The summed E-state index contributed by atoms with van der Waals surface area (Å²) in [5.41, 5.74) is 5.65. The van der Waals surface area contributed by atoms with Gasteiger partial charge in [0, 0.05) is 12.4 Å². The van der Waals surface area contributed by atoms with Gasteiger partial charge in [-0.3, -0.25) is 15.1 Å². The van der Waals surface area contributed by atoms with Gasteiger partial charge in [0.05, 0.1) is 10.8 Å². The first kappa shape index (κ1) is 16.0. The Balaban J connectivity index is 2.13. The Morgan fingerprint density at radius 2 is 2.14 bits per heavy atom. The van der Waals surface area contributed by atoms with Crippen LogP contribution in [-0.2, 0) is 4.79 Å². The van der Waals surface area contributed by atoms with Crippen LogP contribution in [0.3, 0.4) is 0 Å². The number of hydrogen-bond donors (Lipinski definition) is 2. The molecule has 0 aromatic carbocycles. The number of aromatic nitrogens is 3. The molecule has 0 saturated carbocycles. The fraction of sp³-hybridized carbons (Fsp3) is 0.308. The Morgan fingerprint density at radius 1 is 1.36 bits per heavy atom. The van der Waals surface area contributed by atoms with Crippen LogP contribution in [0.4, 0.5) is 4.79 Å². The van der Waals surface area contributed by atoms with Crippen molar-refractivity contribution < 1.29 is 14.0 Å². The minimum absolute atomic E-state index is 0.0573. The van der Waals surface area contributed by atoms with E-state index in [0.29, 0.717) is 11.5 Å². The highest BCUT2D eigenvalue weighted by atomic mass is 32.2. The largest absolute Gasteiger partial charge is 0.411 e. The van der Waals surface area contributed by atoms with Crippen LogP contribution in [-0.4, -0.2) is 32.4 Å². The van der Waals surface area contributed by atoms with Gasteiger partial charge < -0.3 is 10.2 Å². The smallest absolute Gasteiger partial charge is 0.318 e. The number of nitrogens with two attached hydrogens (primary N) is 1. The van der Waals surface area contributed by atoms with E-state index in [1.165, 1.54) is 0 Å². The van der Waals surface area contributed by atoms with E-state index in [1.54, 1.807) is 24.5 Å². The van der Waals surface area contributed by atoms with Crippen LogP contribution in [0, 0.1) is 5.92 Å². The molecule has 3 N–H and O–H groups in total. The number of thioether (sulfide) groups is 1. The lowest BCUT2D eigenvalue weighted by molar-refractivity contribution is -0.120. The van der Waals surface area contributed by atoms with Crippen molar-refractivity contribution in [1.29, 1.82) is 0 Å². The zero-order valence-electron chi connectivity index (χ0n) is 12.0. The molecule has 116 valence electrons. The highest BCUT2D eigenvalue weighted by Gasteiger charge is 2.27. The molecule has 2 heterocycles. The van der Waals surface area contributed by atoms with Crippen molar-refractivity contribution in [2.45, 2.75) is 24.3 Å². The molecule has 22 heavy (non-hydrogen) atoms. The summed E-state index contributed by atoms with van der Waals surface area (Å²) >= 11 is 1.08. The van der Waals surface area contributed by atoms with Gasteiger partial charge >= 0.3 is 6.03 Å². The van der Waals surface area contributed by atoms with Gasteiger partial charge in [-0.2, -0.15) is 0 Å². The third kappa shape index (κ3) is 4.04. The predicted octanol–water partition coefficient (Wildman–Crippen LogP) is 1.44. The monoisotopic (exact) mass is 321 g/mol. The maximum Gasteiger partial charge on any atom is 0.318 e. The average Bonchev–Trinajstić information content (AvgIpc) is 2.93. The molecular weight excluding hydrogens is 306 g/mol. The molecule has 0 fully saturated rings. The van der Waals surface area contributed by atoms with E-state index >= 15 is 0 Å². The number of nitrogens with one attached hydrogen (secondary N) is 1. The number of carbonyl (C=O) groups is 2. The SMILES string of the molecule is CC(C)[C@H](Sc1nnc(-c2cccnc2)o1)C(=O)NC(N)=O. The second-order valence-electron chi connectivity index (χ2n) is 4.75. The Hall–Kier alpha value is -2.42. The first-order valence-electron chi connectivity index (χ1n) is 6.48. The van der Waals surface area contributed by atoms with Gasteiger partial charge in [-0.25, -0.2) is 4.79 Å². The Bertz CT molecular complexity index is 659. The van der Waals surface area contributed by atoms with Crippen LogP contribution in [0.15, 0.2) is 34.2 Å². The number of hydrogen-bond acceptors (Lipinski definition) is 7. The van der Waals surface area contributed by atoms with Crippen molar-refractivity contribution in [3.8, 4) is 11.5 Å². The van der Waals surface area contributed by atoms with Crippen molar-refractivity contribution >= 4 is 23.7 Å². The fourth-order valence-electron chi connectivity index (χ4n) is 1.66. The second-order valence-corrected chi connectivity index (χ2v) is 5.84. The number of imide groups is 1. The Labute approximate surface area is 130 Å². The highest BCUT2D eigenvalue weighted by molar-refractivity contribution is 8.00. The van der Waals surface area contributed by atoms with Crippen LogP contribution in [0.2, 0.25) is 0 Å². The van der Waals surface area contributed by atoms with Crippen molar-refractivity contribution in [2.75, 3.05) is 0 Å². The summed E-state index contributed by atoms with van der Waals surface area (Å²) < 4.78 is 5.51. The number of pyridine rings is 1. The van der Waals surface area contributed by atoms with E-state index in [2.05, 4.69) is 20.5 Å². The summed E-state index contributed by atoms with van der Waals surface area (Å²) in [5.74, 6) is -0.236. The molecule has 3 amide bonds. The van der Waals surface area contributed by atoms with E-state index in [4.69, 9.17) is 10.2 Å². The normalized spacial score (nSPS) is 12.1. The fourth-order valence-corrected chi connectivity index (χ4v) is 2.53. The zero-order chi connectivity index (χ0) is 16.1. The Kier molecular flexibility index (Phi) is 5.10. The van der Waals surface area contributed by atoms with Gasteiger partial charge in [0.1, 0.15) is 0 Å². The van der Waals surface area contributed by atoms with Crippen LogP contribution in [0.1, 0.15) is 13.8 Å². The van der Waals surface area contributed by atoms with Gasteiger partial charge in [-0.1, -0.05) is 25.6 Å². The summed E-state index contributed by atoms with van der Waals surface area (Å²) in [6.07, 6.45) is 3.24. The molecule has 9 heteroatoms. The van der Waals surface area contributed by atoms with E-state index in [9.17, 15) is 9.59 Å². The molecule has 0 aliphatic carbocycles. The summed E-state index contributed by atoms with van der Waals surface area (Å²) in [7, 11) is 0. The molecule has 2 aromatic rings. The van der Waals surface area contributed by atoms with Gasteiger partial charge in [0.15, 0.2) is 0 Å². The minimum Gasteiger partial charge on any atom is -0.411 e. The molecule has 0 saturated heterocycles. The number of amides is 3. The second kappa shape index (κ2) is 7.03. The van der Waals surface area contributed by atoms with Gasteiger partial charge in [-0.15, -0.1) is 10.2 Å². The van der Waals surface area contributed by atoms with E-state index in [0.717, 1.165) is 11.8 Å². The molecule has 0 radical (unpaired) electrons. The minimum atomic E-state index is -0.891. The summed E-state index contributed by atoms with van der Waals surface area (Å²) in [6, 6.07) is 2.65. The average molecular weight is 321 g/mol. The lowest BCUT2D eigenvalue weighted by Crippen LogP contribution is -2.42. The molecule has 2 aromatic heterocycles. The van der Waals surface area contributed by atoms with Crippen molar-refractivity contribution in [1.82, 2.24) is 20.5 Å². The highest BCUT2D eigenvalue weighted by Crippen LogP contribution is 2.29. The molecule has 1 atom stereocenters. The maximum absolute atomic E-state index is 11.9. The number of carbonyl (C=O) groups excluding carboxylic acids is 2. The summed E-state index contributed by atoms with van der Waals surface area (Å²) in [4.78, 5) is 26.7. The van der Waals surface area contributed by atoms with E-state index in [1.807, 2.05) is 13.8 Å². The van der Waals surface area contributed by atoms with E-state index < -0.39 is 17.2 Å². The van der Waals surface area contributed by atoms with Crippen molar-refractivity contribution in [3.05, 3.63) is 24.5 Å². The summed E-state index contributed by atoms with van der Waals surface area (Å²) in [5, 5.41) is 9.54. The topological polar surface area (TPSA) is 124 Å². The lowest BCUT2D eigenvalue weighted by Gasteiger charge is -2.16.